The van der Waals surface area contributed by atoms with Crippen LogP contribution >= 0.6 is 11.8 Å². The Bertz CT molecular complexity index is 1350. The lowest BCUT2D eigenvalue weighted by molar-refractivity contribution is -0.118. The maximum absolute atomic E-state index is 12.4. The second-order valence-electron chi connectivity index (χ2n) is 9.29. The zero-order valence-electron chi connectivity index (χ0n) is 20.8. The van der Waals surface area contributed by atoms with E-state index < -0.39 is 0 Å². The Morgan fingerprint density at radius 2 is 1.81 bits per heavy atom. The van der Waals surface area contributed by atoms with Crippen LogP contribution in [0.15, 0.2) is 93.2 Å². The van der Waals surface area contributed by atoms with Gasteiger partial charge in [0.25, 0.3) is 5.91 Å². The summed E-state index contributed by atoms with van der Waals surface area (Å²) in [5, 5.41) is 13.5. The Hall–Kier alpha value is -3.91. The molecule has 4 rings (SSSR count). The normalized spacial score (nSPS) is 12.3. The van der Waals surface area contributed by atoms with E-state index >= 15 is 0 Å². The van der Waals surface area contributed by atoms with E-state index in [4.69, 9.17) is 4.42 Å². The second-order valence-corrected chi connectivity index (χ2v) is 10.2. The van der Waals surface area contributed by atoms with Gasteiger partial charge in [0.05, 0.1) is 18.2 Å². The quantitative estimate of drug-likeness (QED) is 0.179. The first kappa shape index (κ1) is 25.2. The molecule has 0 saturated heterocycles. The lowest BCUT2D eigenvalue weighted by atomic mass is 9.87. The molecule has 0 spiro atoms. The van der Waals surface area contributed by atoms with E-state index in [9.17, 15) is 4.79 Å². The van der Waals surface area contributed by atoms with Crippen LogP contribution in [0.1, 0.15) is 39.0 Å². The van der Waals surface area contributed by atoms with Crippen LogP contribution in [0.25, 0.3) is 23.2 Å². The van der Waals surface area contributed by atoms with Gasteiger partial charge in [-0.15, -0.1) is 10.2 Å². The molecule has 1 N–H and O–H groups in total. The molecular formula is C28H29N5O2S. The fourth-order valence-corrected chi connectivity index (χ4v) is 4.23. The minimum Gasteiger partial charge on any atom is -0.465 e. The number of rotatable bonds is 8. The van der Waals surface area contributed by atoms with Crippen molar-refractivity contribution in [3.8, 4) is 17.1 Å². The number of aromatic nitrogens is 3. The predicted molar refractivity (Wildman–Crippen MR) is 145 cm³/mol. The molecule has 1 amide bonds. The average molecular weight is 500 g/mol. The van der Waals surface area contributed by atoms with Crippen LogP contribution in [0.5, 0.6) is 0 Å². The molecule has 0 fully saturated rings. The predicted octanol–water partition coefficient (Wildman–Crippen LogP) is 6.12. The van der Waals surface area contributed by atoms with Crippen LogP contribution in [0, 0.1) is 0 Å². The number of hydrogen-bond acceptors (Lipinski definition) is 6. The Balaban J connectivity index is 1.49. The number of carbonyl (C=O) groups excluding carboxylic acids is 1. The molecule has 7 nitrogen and oxygen atoms in total. The van der Waals surface area contributed by atoms with Crippen molar-refractivity contribution in [3.05, 3.63) is 89.9 Å². The molecule has 0 aliphatic carbocycles. The zero-order valence-corrected chi connectivity index (χ0v) is 21.6. The van der Waals surface area contributed by atoms with Crippen LogP contribution in [0.4, 0.5) is 0 Å². The van der Waals surface area contributed by atoms with Gasteiger partial charge in [-0.25, -0.2) is 5.43 Å². The third-order valence-electron chi connectivity index (χ3n) is 5.36. The highest BCUT2D eigenvalue weighted by Gasteiger charge is 2.19. The van der Waals surface area contributed by atoms with Crippen LogP contribution in [0.3, 0.4) is 0 Å². The number of hydrogen-bond donors (Lipinski definition) is 1. The number of para-hydroxylation sites is 1. The van der Waals surface area contributed by atoms with E-state index in [2.05, 4.69) is 65.8 Å². The van der Waals surface area contributed by atoms with Crippen molar-refractivity contribution in [2.24, 2.45) is 5.10 Å². The summed E-state index contributed by atoms with van der Waals surface area (Å²) < 4.78 is 7.25. The molecule has 184 valence electrons. The van der Waals surface area contributed by atoms with E-state index in [0.29, 0.717) is 5.16 Å². The van der Waals surface area contributed by atoms with Gasteiger partial charge >= 0.3 is 0 Å². The van der Waals surface area contributed by atoms with E-state index in [1.807, 2.05) is 60.0 Å². The van der Waals surface area contributed by atoms with Gasteiger partial charge in [0, 0.05) is 11.3 Å². The fourth-order valence-electron chi connectivity index (χ4n) is 3.48. The number of benzene rings is 2. The minimum absolute atomic E-state index is 0.0651. The highest BCUT2D eigenvalue weighted by Crippen LogP contribution is 2.30. The maximum Gasteiger partial charge on any atom is 0.250 e. The number of thioether (sulfide) groups is 1. The number of allylic oxidation sites excluding steroid dienone is 1. The standard InChI is InChI=1S/C28H29N5O2S/c1-20(17-24-11-8-16-35-24)18-29-30-25(34)19-36-27-32-31-26(33(27)23-9-6-5-7-10-23)21-12-14-22(15-13-21)28(2,3)4/h5-18H,19H2,1-4H3,(H,30,34)/b20-17+,29-18+. The molecule has 36 heavy (non-hydrogen) atoms. The molecular weight excluding hydrogens is 470 g/mol. The molecule has 4 aromatic rings. The van der Waals surface area contributed by atoms with Crippen molar-refractivity contribution in [2.45, 2.75) is 38.3 Å². The lowest BCUT2D eigenvalue weighted by Gasteiger charge is -2.19. The third-order valence-corrected chi connectivity index (χ3v) is 6.29. The Morgan fingerprint density at radius 1 is 1.06 bits per heavy atom. The van der Waals surface area contributed by atoms with Gasteiger partial charge in [0.1, 0.15) is 5.76 Å². The summed E-state index contributed by atoms with van der Waals surface area (Å²) in [5.41, 5.74) is 6.61. The van der Waals surface area contributed by atoms with Gasteiger partial charge in [0.15, 0.2) is 11.0 Å². The van der Waals surface area contributed by atoms with E-state index in [1.54, 1.807) is 12.5 Å². The van der Waals surface area contributed by atoms with Gasteiger partial charge in [0.2, 0.25) is 0 Å². The molecule has 2 aromatic carbocycles. The van der Waals surface area contributed by atoms with Crippen LogP contribution in [0.2, 0.25) is 0 Å². The van der Waals surface area contributed by atoms with Gasteiger partial charge in [-0.05, 0) is 53.8 Å². The second kappa shape index (κ2) is 11.2. The number of hydrazone groups is 1. The SMILES string of the molecule is CC(/C=N/NC(=O)CSc1nnc(-c2ccc(C(C)(C)C)cc2)n1-c1ccccc1)=C\c1ccco1. The lowest BCUT2D eigenvalue weighted by Crippen LogP contribution is -2.20. The molecule has 0 atom stereocenters. The number of furan rings is 1. The summed E-state index contributed by atoms with van der Waals surface area (Å²) in [7, 11) is 0. The van der Waals surface area contributed by atoms with Crippen molar-refractivity contribution in [3.63, 3.8) is 0 Å². The summed E-state index contributed by atoms with van der Waals surface area (Å²) in [4.78, 5) is 12.4. The number of carbonyl (C=O) groups is 1. The van der Waals surface area contributed by atoms with E-state index in [-0.39, 0.29) is 17.1 Å². The highest BCUT2D eigenvalue weighted by molar-refractivity contribution is 7.99. The van der Waals surface area contributed by atoms with Crippen LogP contribution < -0.4 is 5.43 Å². The van der Waals surface area contributed by atoms with E-state index in [0.717, 1.165) is 28.4 Å². The molecule has 2 heterocycles. The number of nitrogens with zero attached hydrogens (tertiary/aromatic N) is 4. The topological polar surface area (TPSA) is 85.3 Å². The van der Waals surface area contributed by atoms with Crippen LogP contribution in [-0.4, -0.2) is 32.6 Å². The molecule has 0 aliphatic rings. The molecule has 8 heteroatoms. The van der Waals surface area contributed by atoms with E-state index in [1.165, 1.54) is 17.3 Å². The van der Waals surface area contributed by atoms with Crippen LogP contribution in [-0.2, 0) is 10.2 Å². The maximum atomic E-state index is 12.4. The Labute approximate surface area is 215 Å². The summed E-state index contributed by atoms with van der Waals surface area (Å²) in [6, 6.07) is 22.0. The van der Waals surface area contributed by atoms with Gasteiger partial charge in [-0.3, -0.25) is 9.36 Å². The first-order valence-corrected chi connectivity index (χ1v) is 12.6. The zero-order chi connectivity index (χ0) is 25.5. The summed E-state index contributed by atoms with van der Waals surface area (Å²) in [5.74, 6) is 1.36. The largest absolute Gasteiger partial charge is 0.465 e. The monoisotopic (exact) mass is 499 g/mol. The number of amides is 1. The third kappa shape index (κ3) is 6.40. The first-order chi connectivity index (χ1) is 17.3. The smallest absolute Gasteiger partial charge is 0.250 e. The van der Waals surface area contributed by atoms with Crippen molar-refractivity contribution in [1.29, 1.82) is 0 Å². The van der Waals surface area contributed by atoms with Crippen molar-refractivity contribution in [2.75, 3.05) is 5.75 Å². The highest BCUT2D eigenvalue weighted by atomic mass is 32.2. The molecule has 0 aliphatic heterocycles. The molecule has 0 bridgehead atoms. The molecule has 0 saturated carbocycles. The van der Waals surface area contributed by atoms with Gasteiger partial charge in [-0.2, -0.15) is 5.10 Å². The molecule has 0 radical (unpaired) electrons. The minimum atomic E-state index is -0.235. The van der Waals surface area contributed by atoms with Gasteiger partial charge in [-0.1, -0.05) is 75.0 Å². The molecule has 0 unspecified atom stereocenters. The fraction of sp³-hybridized carbons (Fsp3) is 0.214. The first-order valence-electron chi connectivity index (χ1n) is 11.6. The van der Waals surface area contributed by atoms with Crippen molar-refractivity contribution < 1.29 is 9.21 Å². The molecule has 2 aromatic heterocycles. The Morgan fingerprint density at radius 3 is 2.47 bits per heavy atom. The van der Waals surface area contributed by atoms with Crippen molar-refractivity contribution >= 4 is 30.0 Å². The Kier molecular flexibility index (Phi) is 7.85. The van der Waals surface area contributed by atoms with Crippen molar-refractivity contribution in [1.82, 2.24) is 20.2 Å². The summed E-state index contributed by atoms with van der Waals surface area (Å²) >= 11 is 1.31. The number of nitrogens with one attached hydrogen (secondary N) is 1. The summed E-state index contributed by atoms with van der Waals surface area (Å²) in [6.45, 7) is 8.45. The average Bonchev–Trinajstić information content (AvgIpc) is 3.53. The summed E-state index contributed by atoms with van der Waals surface area (Å²) in [6.07, 6.45) is 5.02. The van der Waals surface area contributed by atoms with Gasteiger partial charge < -0.3 is 4.42 Å².